The first-order valence-corrected chi connectivity index (χ1v) is 14.4. The number of carbonyl (C=O) groups is 2. The van der Waals surface area contributed by atoms with Crippen molar-refractivity contribution in [2.45, 2.75) is 52.1 Å². The van der Waals surface area contributed by atoms with Gasteiger partial charge in [-0.3, -0.25) is 13.9 Å². The summed E-state index contributed by atoms with van der Waals surface area (Å²) in [6, 6.07) is 15.9. The van der Waals surface area contributed by atoms with Crippen molar-refractivity contribution in [1.82, 2.24) is 10.2 Å². The third-order valence-electron chi connectivity index (χ3n) is 5.66. The number of nitrogens with zero attached hydrogens (tertiary/aromatic N) is 2. The van der Waals surface area contributed by atoms with E-state index in [9.17, 15) is 18.0 Å². The lowest BCUT2D eigenvalue weighted by atomic mass is 10.1. The van der Waals surface area contributed by atoms with Crippen LogP contribution in [0.1, 0.15) is 39.2 Å². The van der Waals surface area contributed by atoms with Crippen LogP contribution < -0.4 is 9.62 Å². The van der Waals surface area contributed by atoms with Crippen molar-refractivity contribution in [3.8, 4) is 0 Å². The molecule has 0 spiro atoms. The minimum atomic E-state index is -3.72. The number of amides is 2. The molecule has 0 aliphatic rings. The highest BCUT2D eigenvalue weighted by Gasteiger charge is 2.31. The molecular weight excluding hydrogens is 565 g/mol. The van der Waals surface area contributed by atoms with Crippen molar-refractivity contribution >= 4 is 50.1 Å². The zero-order valence-corrected chi connectivity index (χ0v) is 23.2. The maximum Gasteiger partial charge on any atom is 0.244 e. The molecule has 0 aromatic heterocycles. The Morgan fingerprint density at radius 3 is 2.15 bits per heavy atom. The molecular formula is C25H34IN3O4S. The number of hydrogen-bond donors (Lipinski definition) is 1. The van der Waals surface area contributed by atoms with E-state index in [1.165, 1.54) is 4.90 Å². The van der Waals surface area contributed by atoms with Crippen LogP contribution in [0.25, 0.3) is 0 Å². The largest absolute Gasteiger partial charge is 0.352 e. The highest BCUT2D eigenvalue weighted by molar-refractivity contribution is 14.1. The number of rotatable bonds is 12. The van der Waals surface area contributed by atoms with Crippen LogP contribution in [-0.4, -0.2) is 56.6 Å². The number of sulfonamides is 1. The van der Waals surface area contributed by atoms with Crippen LogP contribution in [0.15, 0.2) is 54.6 Å². The summed E-state index contributed by atoms with van der Waals surface area (Å²) in [6.45, 7) is 5.69. The number of benzene rings is 2. The zero-order chi connectivity index (χ0) is 25.3. The number of carbonyl (C=O) groups excluding carboxylic acids is 2. The lowest BCUT2D eigenvalue weighted by Gasteiger charge is -2.33. The van der Waals surface area contributed by atoms with E-state index >= 15 is 0 Å². The molecule has 34 heavy (non-hydrogen) atoms. The van der Waals surface area contributed by atoms with Gasteiger partial charge in [0.15, 0.2) is 0 Å². The first-order valence-electron chi connectivity index (χ1n) is 11.4. The van der Waals surface area contributed by atoms with Crippen LogP contribution in [0.3, 0.4) is 0 Å². The van der Waals surface area contributed by atoms with Crippen LogP contribution in [0.5, 0.6) is 0 Å². The summed E-state index contributed by atoms with van der Waals surface area (Å²) in [6.07, 6.45) is 2.83. The van der Waals surface area contributed by atoms with Crippen molar-refractivity contribution in [3.05, 3.63) is 63.7 Å². The average Bonchev–Trinajstić information content (AvgIpc) is 2.80. The summed E-state index contributed by atoms with van der Waals surface area (Å²) >= 11 is 2.14. The minimum absolute atomic E-state index is 0.0214. The molecule has 1 N–H and O–H groups in total. The second-order valence-corrected chi connectivity index (χ2v) is 11.5. The van der Waals surface area contributed by atoms with Gasteiger partial charge in [-0.05, 0) is 78.6 Å². The van der Waals surface area contributed by atoms with E-state index in [0.717, 1.165) is 26.1 Å². The molecule has 0 radical (unpaired) electrons. The van der Waals surface area contributed by atoms with Crippen molar-refractivity contribution in [2.24, 2.45) is 0 Å². The fourth-order valence-corrected chi connectivity index (χ4v) is 4.77. The average molecular weight is 600 g/mol. The summed E-state index contributed by atoms with van der Waals surface area (Å²) in [5.41, 5.74) is 1.45. The van der Waals surface area contributed by atoms with Gasteiger partial charge in [0.05, 0.1) is 11.9 Å². The molecule has 0 unspecified atom stereocenters. The number of nitrogens with one attached hydrogen (secondary N) is 1. The van der Waals surface area contributed by atoms with E-state index in [1.807, 2.05) is 51.1 Å². The van der Waals surface area contributed by atoms with Crippen molar-refractivity contribution < 1.29 is 18.0 Å². The van der Waals surface area contributed by atoms with E-state index in [4.69, 9.17) is 0 Å². The Hall–Kier alpha value is -2.14. The minimum Gasteiger partial charge on any atom is -0.352 e. The summed E-state index contributed by atoms with van der Waals surface area (Å²) in [7, 11) is -3.72. The van der Waals surface area contributed by atoms with Crippen molar-refractivity contribution in [1.29, 1.82) is 0 Å². The van der Waals surface area contributed by atoms with Crippen LogP contribution in [0.4, 0.5) is 5.69 Å². The molecule has 2 aromatic rings. The Kier molecular flexibility index (Phi) is 10.8. The first-order chi connectivity index (χ1) is 16.1. The second kappa shape index (κ2) is 13.1. The Morgan fingerprint density at radius 2 is 1.62 bits per heavy atom. The normalized spacial score (nSPS) is 13.1. The summed E-state index contributed by atoms with van der Waals surface area (Å²) in [4.78, 5) is 28.1. The smallest absolute Gasteiger partial charge is 0.244 e. The van der Waals surface area contributed by atoms with Crippen LogP contribution in [-0.2, 0) is 26.0 Å². The number of anilines is 1. The van der Waals surface area contributed by atoms with Gasteiger partial charge in [0, 0.05) is 16.2 Å². The molecule has 0 saturated heterocycles. The summed E-state index contributed by atoms with van der Waals surface area (Å²) < 4.78 is 27.2. The van der Waals surface area contributed by atoms with Gasteiger partial charge in [-0.25, -0.2) is 8.42 Å². The fraction of sp³-hybridized carbons (Fsp3) is 0.440. The van der Waals surface area contributed by atoms with Gasteiger partial charge in [0.1, 0.15) is 12.6 Å². The predicted octanol–water partition coefficient (Wildman–Crippen LogP) is 3.82. The molecule has 0 aliphatic carbocycles. The van der Waals surface area contributed by atoms with Gasteiger partial charge in [0.2, 0.25) is 21.8 Å². The Labute approximate surface area is 217 Å². The molecule has 7 nitrogen and oxygen atoms in total. The first kappa shape index (κ1) is 28.1. The maximum atomic E-state index is 13.6. The molecule has 2 amide bonds. The van der Waals surface area contributed by atoms with Gasteiger partial charge < -0.3 is 10.2 Å². The molecule has 0 bridgehead atoms. The lowest BCUT2D eigenvalue weighted by molar-refractivity contribution is -0.139. The summed E-state index contributed by atoms with van der Waals surface area (Å²) in [5, 5.41) is 2.97. The Morgan fingerprint density at radius 1 is 1.00 bits per heavy atom. The van der Waals surface area contributed by atoms with Crippen molar-refractivity contribution in [2.75, 3.05) is 23.7 Å². The third-order valence-corrected chi connectivity index (χ3v) is 7.52. The molecule has 2 aromatic carbocycles. The second-order valence-electron chi connectivity index (χ2n) is 8.31. The quantitative estimate of drug-likeness (QED) is 0.376. The fourth-order valence-electron chi connectivity index (χ4n) is 3.56. The highest BCUT2D eigenvalue weighted by Crippen LogP contribution is 2.20. The van der Waals surface area contributed by atoms with Gasteiger partial charge >= 0.3 is 0 Å². The standard InChI is InChI=1S/C25H34IN3O4S/c1-5-19(3)27-25(31)23(6-2)28(17-16-20-10-8-7-9-11-20)24(30)18-29(34(4,32)33)22-14-12-21(26)13-15-22/h7-15,19,23H,5-6,16-18H2,1-4H3,(H,27,31)/t19-,23+/m1/s1. The number of halogens is 1. The topological polar surface area (TPSA) is 86.8 Å². The van der Waals surface area contributed by atoms with E-state index in [0.29, 0.717) is 25.1 Å². The Bertz CT molecular complexity index is 1050. The molecule has 9 heteroatoms. The van der Waals surface area contributed by atoms with Crippen LogP contribution >= 0.6 is 22.6 Å². The summed E-state index contributed by atoms with van der Waals surface area (Å²) in [5.74, 6) is -0.635. The number of hydrogen-bond acceptors (Lipinski definition) is 4. The van der Waals surface area contributed by atoms with Gasteiger partial charge in [0.25, 0.3) is 0 Å². The molecule has 2 rings (SSSR count). The zero-order valence-electron chi connectivity index (χ0n) is 20.2. The lowest BCUT2D eigenvalue weighted by Crippen LogP contribution is -2.54. The van der Waals surface area contributed by atoms with E-state index in [1.54, 1.807) is 24.3 Å². The molecule has 0 aliphatic heterocycles. The third kappa shape index (κ3) is 8.26. The van der Waals surface area contributed by atoms with Crippen LogP contribution in [0, 0.1) is 3.57 Å². The molecule has 186 valence electrons. The molecule has 0 saturated carbocycles. The van der Waals surface area contributed by atoms with Gasteiger partial charge in [-0.1, -0.05) is 44.2 Å². The SMILES string of the molecule is CC[C@@H](C)NC(=O)[C@H](CC)N(CCc1ccccc1)C(=O)CN(c1ccc(I)cc1)S(C)(=O)=O. The van der Waals surface area contributed by atoms with E-state index < -0.39 is 22.0 Å². The highest BCUT2D eigenvalue weighted by atomic mass is 127. The van der Waals surface area contributed by atoms with E-state index in [2.05, 4.69) is 27.9 Å². The van der Waals surface area contributed by atoms with Gasteiger partial charge in [-0.2, -0.15) is 0 Å². The predicted molar refractivity (Wildman–Crippen MR) is 145 cm³/mol. The monoisotopic (exact) mass is 599 g/mol. The van der Waals surface area contributed by atoms with E-state index in [-0.39, 0.29) is 18.5 Å². The van der Waals surface area contributed by atoms with Gasteiger partial charge in [-0.15, -0.1) is 0 Å². The maximum absolute atomic E-state index is 13.6. The molecule has 0 heterocycles. The molecule has 2 atom stereocenters. The van der Waals surface area contributed by atoms with Crippen molar-refractivity contribution in [3.63, 3.8) is 0 Å². The van der Waals surface area contributed by atoms with Crippen LogP contribution in [0.2, 0.25) is 0 Å². The Balaban J connectivity index is 2.34. The molecule has 0 fully saturated rings.